The number of benzene rings is 2. The van der Waals surface area contributed by atoms with Crippen molar-refractivity contribution >= 4 is 17.0 Å². The summed E-state index contributed by atoms with van der Waals surface area (Å²) in [5.41, 5.74) is 8.68. The second-order valence-corrected chi connectivity index (χ2v) is 6.94. The van der Waals surface area contributed by atoms with Gasteiger partial charge in [0.05, 0.1) is 6.61 Å². The molecule has 156 valence electrons. The highest BCUT2D eigenvalue weighted by Gasteiger charge is 2.25. The summed E-state index contributed by atoms with van der Waals surface area (Å²) in [6.07, 6.45) is 1.47. The molecule has 31 heavy (non-hydrogen) atoms. The fraction of sp³-hybridized carbons (Fsp3) is 0.125. The number of nitrogens with two attached hydrogens (primary N) is 1. The van der Waals surface area contributed by atoms with Gasteiger partial charge in [-0.2, -0.15) is 0 Å². The Bertz CT molecular complexity index is 1310. The summed E-state index contributed by atoms with van der Waals surface area (Å²) in [5.74, 6) is -0.794. The van der Waals surface area contributed by atoms with Crippen LogP contribution in [0.4, 0.5) is 0 Å². The maximum absolute atomic E-state index is 12.8. The number of fused-ring (bicyclic) bond motifs is 1. The molecule has 2 aromatic heterocycles. The number of carbonyl (C=O) groups is 1. The SMILES string of the molecule is CCOC(=O)c1c(-c2ccc(-c3ccc(CN)cc3)cc2)c2cccnc2n(O)c1=O. The van der Waals surface area contributed by atoms with Gasteiger partial charge in [0.15, 0.2) is 5.65 Å². The van der Waals surface area contributed by atoms with E-state index < -0.39 is 11.5 Å². The summed E-state index contributed by atoms with van der Waals surface area (Å²) in [7, 11) is 0. The van der Waals surface area contributed by atoms with Crippen LogP contribution in [-0.4, -0.2) is 27.5 Å². The molecule has 0 aliphatic heterocycles. The highest BCUT2D eigenvalue weighted by Crippen LogP contribution is 2.32. The van der Waals surface area contributed by atoms with Crippen molar-refractivity contribution < 1.29 is 14.7 Å². The van der Waals surface area contributed by atoms with Gasteiger partial charge in [0.2, 0.25) is 0 Å². The van der Waals surface area contributed by atoms with Crippen molar-refractivity contribution in [2.75, 3.05) is 6.61 Å². The Morgan fingerprint density at radius 1 is 1.03 bits per heavy atom. The molecule has 0 amide bonds. The molecule has 0 aliphatic rings. The summed E-state index contributed by atoms with van der Waals surface area (Å²) in [6, 6.07) is 18.8. The van der Waals surface area contributed by atoms with E-state index in [4.69, 9.17) is 10.5 Å². The van der Waals surface area contributed by atoms with Gasteiger partial charge in [-0.15, -0.1) is 4.73 Å². The number of hydrogen-bond donors (Lipinski definition) is 2. The molecule has 0 saturated heterocycles. The lowest BCUT2D eigenvalue weighted by Crippen LogP contribution is -2.28. The van der Waals surface area contributed by atoms with Crippen molar-refractivity contribution in [2.45, 2.75) is 13.5 Å². The molecule has 0 unspecified atom stereocenters. The minimum atomic E-state index is -0.874. The molecule has 2 aromatic carbocycles. The topological polar surface area (TPSA) is 107 Å². The number of carbonyl (C=O) groups excluding carboxylic acids is 1. The van der Waals surface area contributed by atoms with E-state index in [0.717, 1.165) is 16.7 Å². The molecular formula is C24H21N3O4. The first-order valence-electron chi connectivity index (χ1n) is 9.85. The number of nitrogens with zero attached hydrogens (tertiary/aromatic N) is 2. The Hall–Kier alpha value is -3.97. The van der Waals surface area contributed by atoms with Gasteiger partial charge in [-0.25, -0.2) is 9.78 Å². The summed E-state index contributed by atoms with van der Waals surface area (Å²) >= 11 is 0. The van der Waals surface area contributed by atoms with E-state index >= 15 is 0 Å². The van der Waals surface area contributed by atoms with Crippen LogP contribution in [0.15, 0.2) is 71.7 Å². The maximum atomic E-state index is 12.8. The molecule has 4 rings (SSSR count). The third-order valence-corrected chi connectivity index (χ3v) is 5.09. The van der Waals surface area contributed by atoms with E-state index in [9.17, 15) is 14.8 Å². The van der Waals surface area contributed by atoms with Crippen LogP contribution >= 0.6 is 0 Å². The van der Waals surface area contributed by atoms with E-state index in [1.165, 1.54) is 6.20 Å². The Morgan fingerprint density at radius 3 is 2.26 bits per heavy atom. The lowest BCUT2D eigenvalue weighted by molar-refractivity contribution is 0.0520. The fourth-order valence-corrected chi connectivity index (χ4v) is 3.56. The van der Waals surface area contributed by atoms with Crippen LogP contribution < -0.4 is 11.3 Å². The molecular weight excluding hydrogens is 394 g/mol. The predicted octanol–water partition coefficient (Wildman–Crippen LogP) is 3.60. The van der Waals surface area contributed by atoms with Gasteiger partial charge in [-0.1, -0.05) is 48.5 Å². The van der Waals surface area contributed by atoms with E-state index in [0.29, 0.717) is 27.8 Å². The molecule has 0 saturated carbocycles. The highest BCUT2D eigenvalue weighted by molar-refractivity contribution is 6.06. The number of aromatic nitrogens is 2. The summed E-state index contributed by atoms with van der Waals surface area (Å²) in [4.78, 5) is 29.5. The van der Waals surface area contributed by atoms with Crippen LogP contribution in [0, 0.1) is 0 Å². The largest absolute Gasteiger partial charge is 0.462 e. The minimum Gasteiger partial charge on any atom is -0.462 e. The summed E-state index contributed by atoms with van der Waals surface area (Å²) < 4.78 is 5.48. The minimum absolute atomic E-state index is 0.0667. The van der Waals surface area contributed by atoms with E-state index in [2.05, 4.69) is 4.98 Å². The molecule has 0 spiro atoms. The van der Waals surface area contributed by atoms with Crippen LogP contribution in [-0.2, 0) is 11.3 Å². The van der Waals surface area contributed by atoms with E-state index in [1.54, 1.807) is 19.1 Å². The zero-order chi connectivity index (χ0) is 22.0. The number of ether oxygens (including phenoxy) is 1. The molecule has 0 bridgehead atoms. The van der Waals surface area contributed by atoms with Crippen LogP contribution in [0.25, 0.3) is 33.3 Å². The van der Waals surface area contributed by atoms with Crippen molar-refractivity contribution in [3.05, 3.63) is 88.3 Å². The van der Waals surface area contributed by atoms with Crippen LogP contribution in [0.3, 0.4) is 0 Å². The zero-order valence-electron chi connectivity index (χ0n) is 16.9. The van der Waals surface area contributed by atoms with Gasteiger partial charge in [0.1, 0.15) is 5.56 Å². The first-order valence-corrected chi connectivity index (χ1v) is 9.85. The number of pyridine rings is 2. The van der Waals surface area contributed by atoms with Gasteiger partial charge < -0.3 is 15.7 Å². The number of rotatable bonds is 5. The molecule has 0 aliphatic carbocycles. The molecule has 3 N–H and O–H groups in total. The monoisotopic (exact) mass is 415 g/mol. The van der Waals surface area contributed by atoms with Crippen molar-refractivity contribution in [3.63, 3.8) is 0 Å². The maximum Gasteiger partial charge on any atom is 0.344 e. The quantitative estimate of drug-likeness (QED) is 0.381. The van der Waals surface area contributed by atoms with Gasteiger partial charge >= 0.3 is 5.97 Å². The van der Waals surface area contributed by atoms with Crippen LogP contribution in [0.2, 0.25) is 0 Å². The lowest BCUT2D eigenvalue weighted by Gasteiger charge is -2.14. The third-order valence-electron chi connectivity index (χ3n) is 5.09. The number of hydrogen-bond acceptors (Lipinski definition) is 6. The standard InChI is InChI=1S/C24H21N3O4/c1-2-31-24(29)21-20(19-4-3-13-26-22(19)27(30)23(21)28)18-11-9-17(10-12-18)16-7-5-15(14-25)6-8-16/h3-13,30H,2,14,25H2,1H3. The smallest absolute Gasteiger partial charge is 0.344 e. The molecule has 7 nitrogen and oxygen atoms in total. The second kappa shape index (κ2) is 8.41. The number of esters is 1. The van der Waals surface area contributed by atoms with Crippen molar-refractivity contribution in [3.8, 4) is 22.3 Å². The molecule has 4 aromatic rings. The predicted molar refractivity (Wildman–Crippen MR) is 118 cm³/mol. The molecule has 7 heteroatoms. The van der Waals surface area contributed by atoms with Gasteiger partial charge in [-0.3, -0.25) is 4.79 Å². The third kappa shape index (κ3) is 3.67. The Morgan fingerprint density at radius 2 is 1.65 bits per heavy atom. The fourth-order valence-electron chi connectivity index (χ4n) is 3.56. The first-order chi connectivity index (χ1) is 15.0. The van der Waals surface area contributed by atoms with E-state index in [1.807, 2.05) is 48.5 Å². The lowest BCUT2D eigenvalue weighted by atomic mass is 9.95. The normalized spacial score (nSPS) is 10.9. The van der Waals surface area contributed by atoms with Crippen LogP contribution in [0.5, 0.6) is 0 Å². The van der Waals surface area contributed by atoms with Crippen molar-refractivity contribution in [1.82, 2.24) is 9.71 Å². The Labute approximate surface area is 178 Å². The average Bonchev–Trinajstić information content (AvgIpc) is 2.81. The van der Waals surface area contributed by atoms with Crippen molar-refractivity contribution in [2.24, 2.45) is 5.73 Å². The van der Waals surface area contributed by atoms with Gasteiger partial charge in [0.25, 0.3) is 5.56 Å². The van der Waals surface area contributed by atoms with Gasteiger partial charge in [0, 0.05) is 23.7 Å². The second-order valence-electron chi connectivity index (χ2n) is 6.94. The molecule has 2 heterocycles. The highest BCUT2D eigenvalue weighted by atomic mass is 16.5. The summed E-state index contributed by atoms with van der Waals surface area (Å²) in [5, 5.41) is 10.8. The van der Waals surface area contributed by atoms with Gasteiger partial charge in [-0.05, 0) is 41.3 Å². The first kappa shape index (κ1) is 20.3. The zero-order valence-corrected chi connectivity index (χ0v) is 16.9. The Balaban J connectivity index is 1.90. The van der Waals surface area contributed by atoms with E-state index in [-0.39, 0.29) is 17.8 Å². The Kier molecular flexibility index (Phi) is 5.51. The molecule has 0 radical (unpaired) electrons. The van der Waals surface area contributed by atoms with Crippen molar-refractivity contribution in [1.29, 1.82) is 0 Å². The molecule has 0 fully saturated rings. The average molecular weight is 415 g/mol. The summed E-state index contributed by atoms with van der Waals surface area (Å²) in [6.45, 7) is 2.24. The van der Waals surface area contributed by atoms with Crippen LogP contribution in [0.1, 0.15) is 22.8 Å². The molecule has 0 atom stereocenters.